The van der Waals surface area contributed by atoms with Gasteiger partial charge in [0.05, 0.1) is 20.1 Å². The molecule has 0 radical (unpaired) electrons. The number of ether oxygens (including phenoxy) is 1. The van der Waals surface area contributed by atoms with E-state index in [1.165, 1.54) is 7.11 Å². The number of carbonyl (C=O) groups is 2. The molecule has 116 valence electrons. The topological polar surface area (TPSA) is 58.6 Å². The summed E-state index contributed by atoms with van der Waals surface area (Å²) in [5.41, 5.74) is 0. The van der Waals surface area contributed by atoms with Crippen LogP contribution in [0.15, 0.2) is 0 Å². The molecule has 1 aliphatic heterocycles. The van der Waals surface area contributed by atoms with Crippen molar-refractivity contribution in [2.75, 3.05) is 20.2 Å². The van der Waals surface area contributed by atoms with Gasteiger partial charge in [-0.3, -0.25) is 14.5 Å². The smallest absolute Gasteiger partial charge is 0.307 e. The van der Waals surface area contributed by atoms with Crippen LogP contribution in [0.25, 0.3) is 0 Å². The number of nitrogens with zero attached hydrogens (tertiary/aromatic N) is 1. The number of rotatable bonds is 6. The molecule has 0 spiro atoms. The lowest BCUT2D eigenvalue weighted by atomic mass is 9.99. The fourth-order valence-electron chi connectivity index (χ4n) is 2.43. The summed E-state index contributed by atoms with van der Waals surface area (Å²) in [6, 6.07) is 0.308. The molecule has 1 fully saturated rings. The third-order valence-electron chi connectivity index (χ3n) is 4.11. The van der Waals surface area contributed by atoms with E-state index in [9.17, 15) is 9.59 Å². The Labute approximate surface area is 122 Å². The van der Waals surface area contributed by atoms with Crippen LogP contribution in [-0.2, 0) is 14.3 Å². The lowest BCUT2D eigenvalue weighted by molar-refractivity contribution is -0.143. The molecule has 0 aromatic rings. The van der Waals surface area contributed by atoms with E-state index in [0.717, 1.165) is 25.8 Å². The summed E-state index contributed by atoms with van der Waals surface area (Å²) < 4.78 is 4.74. The first-order chi connectivity index (χ1) is 9.43. The van der Waals surface area contributed by atoms with Crippen molar-refractivity contribution in [3.63, 3.8) is 0 Å². The van der Waals surface area contributed by atoms with Gasteiger partial charge in [0, 0.05) is 12.1 Å². The molecule has 0 bridgehead atoms. The molecule has 1 rings (SSSR count). The van der Waals surface area contributed by atoms with Gasteiger partial charge in [-0.05, 0) is 32.2 Å². The molecule has 0 aromatic carbocycles. The summed E-state index contributed by atoms with van der Waals surface area (Å²) in [6.45, 7) is 7.45. The van der Waals surface area contributed by atoms with Crippen LogP contribution in [0.1, 0.15) is 46.5 Å². The average molecular weight is 284 g/mol. The fraction of sp³-hybridized carbons (Fsp3) is 0.867. The molecule has 2 unspecified atom stereocenters. The third-order valence-corrected chi connectivity index (χ3v) is 4.11. The summed E-state index contributed by atoms with van der Waals surface area (Å²) in [4.78, 5) is 25.6. The summed E-state index contributed by atoms with van der Waals surface area (Å²) >= 11 is 0. The van der Waals surface area contributed by atoms with Gasteiger partial charge >= 0.3 is 5.97 Å². The van der Waals surface area contributed by atoms with Crippen LogP contribution in [0, 0.1) is 5.92 Å². The molecular weight excluding hydrogens is 256 g/mol. The van der Waals surface area contributed by atoms with Gasteiger partial charge in [0.2, 0.25) is 5.91 Å². The summed E-state index contributed by atoms with van der Waals surface area (Å²) in [7, 11) is 1.41. The molecule has 0 aromatic heterocycles. The van der Waals surface area contributed by atoms with Crippen LogP contribution < -0.4 is 5.32 Å². The fourth-order valence-corrected chi connectivity index (χ4v) is 2.43. The van der Waals surface area contributed by atoms with Gasteiger partial charge in [0.25, 0.3) is 0 Å². The number of esters is 1. The largest absolute Gasteiger partial charge is 0.469 e. The monoisotopic (exact) mass is 284 g/mol. The van der Waals surface area contributed by atoms with Gasteiger partial charge < -0.3 is 10.1 Å². The van der Waals surface area contributed by atoms with Crippen molar-refractivity contribution in [3.8, 4) is 0 Å². The lowest BCUT2D eigenvalue weighted by Gasteiger charge is -2.35. The Morgan fingerprint density at radius 2 is 2.00 bits per heavy atom. The van der Waals surface area contributed by atoms with Crippen LogP contribution >= 0.6 is 0 Å². The van der Waals surface area contributed by atoms with Gasteiger partial charge in [-0.2, -0.15) is 0 Å². The number of piperidine rings is 1. The number of methoxy groups -OCH3 is 1. The standard InChI is InChI=1S/C15H28N2O3/c1-11(2)12(3)16-14(18)10-17-8-6-5-7-13(17)9-15(19)20-4/h11-13H,5-10H2,1-4H3,(H,16,18). The van der Waals surface area contributed by atoms with Crippen LogP contribution in [0.5, 0.6) is 0 Å². The molecule has 1 amide bonds. The Balaban J connectivity index is 2.49. The Morgan fingerprint density at radius 1 is 1.30 bits per heavy atom. The minimum atomic E-state index is -0.196. The molecule has 0 saturated carbocycles. The molecule has 1 aliphatic rings. The molecule has 20 heavy (non-hydrogen) atoms. The van der Waals surface area contributed by atoms with Crippen molar-refractivity contribution in [2.45, 2.75) is 58.5 Å². The minimum absolute atomic E-state index is 0.0444. The second kappa shape index (κ2) is 8.25. The van der Waals surface area contributed by atoms with E-state index in [0.29, 0.717) is 18.9 Å². The van der Waals surface area contributed by atoms with E-state index in [4.69, 9.17) is 4.74 Å². The molecule has 2 atom stereocenters. The second-order valence-corrected chi connectivity index (χ2v) is 6.00. The number of hydrogen-bond donors (Lipinski definition) is 1. The molecule has 5 nitrogen and oxygen atoms in total. The van der Waals surface area contributed by atoms with E-state index in [1.807, 2.05) is 6.92 Å². The van der Waals surface area contributed by atoms with E-state index >= 15 is 0 Å². The first kappa shape index (κ1) is 17.0. The lowest BCUT2D eigenvalue weighted by Crippen LogP contribution is -2.48. The molecule has 5 heteroatoms. The normalized spacial score (nSPS) is 21.6. The zero-order valence-corrected chi connectivity index (χ0v) is 13.1. The number of carbonyl (C=O) groups excluding carboxylic acids is 2. The van der Waals surface area contributed by atoms with Crippen molar-refractivity contribution < 1.29 is 14.3 Å². The van der Waals surface area contributed by atoms with Crippen molar-refractivity contribution in [1.82, 2.24) is 10.2 Å². The maximum Gasteiger partial charge on any atom is 0.307 e. The summed E-state index contributed by atoms with van der Waals surface area (Å²) in [5.74, 6) is 0.270. The van der Waals surface area contributed by atoms with E-state index in [2.05, 4.69) is 24.1 Å². The Bertz CT molecular complexity index is 331. The Morgan fingerprint density at radius 3 is 2.60 bits per heavy atom. The predicted molar refractivity (Wildman–Crippen MR) is 78.3 cm³/mol. The van der Waals surface area contributed by atoms with Crippen LogP contribution in [0.4, 0.5) is 0 Å². The van der Waals surface area contributed by atoms with Gasteiger partial charge in [0.15, 0.2) is 0 Å². The average Bonchev–Trinajstić information content (AvgIpc) is 2.40. The number of likely N-dealkylation sites (tertiary alicyclic amines) is 1. The zero-order valence-electron chi connectivity index (χ0n) is 13.1. The highest BCUT2D eigenvalue weighted by atomic mass is 16.5. The molecule has 0 aliphatic carbocycles. The maximum absolute atomic E-state index is 12.1. The highest BCUT2D eigenvalue weighted by Gasteiger charge is 2.27. The van der Waals surface area contributed by atoms with Crippen LogP contribution in [0.2, 0.25) is 0 Å². The van der Waals surface area contributed by atoms with Gasteiger partial charge in [-0.1, -0.05) is 20.3 Å². The zero-order chi connectivity index (χ0) is 15.1. The number of amides is 1. The third kappa shape index (κ3) is 5.49. The van der Waals surface area contributed by atoms with Gasteiger partial charge in [0.1, 0.15) is 0 Å². The Kier molecular flexibility index (Phi) is 6.99. The van der Waals surface area contributed by atoms with Gasteiger partial charge in [-0.25, -0.2) is 0 Å². The van der Waals surface area contributed by atoms with E-state index in [1.54, 1.807) is 0 Å². The molecular formula is C15H28N2O3. The molecule has 1 saturated heterocycles. The van der Waals surface area contributed by atoms with Crippen LogP contribution in [-0.4, -0.2) is 49.1 Å². The van der Waals surface area contributed by atoms with E-state index < -0.39 is 0 Å². The second-order valence-electron chi connectivity index (χ2n) is 6.00. The number of hydrogen-bond acceptors (Lipinski definition) is 4. The van der Waals surface area contributed by atoms with Crippen molar-refractivity contribution in [1.29, 1.82) is 0 Å². The Hall–Kier alpha value is -1.10. The predicted octanol–water partition coefficient (Wildman–Crippen LogP) is 1.56. The highest BCUT2D eigenvalue weighted by Crippen LogP contribution is 2.19. The van der Waals surface area contributed by atoms with Crippen molar-refractivity contribution in [2.24, 2.45) is 5.92 Å². The molecule has 1 heterocycles. The highest BCUT2D eigenvalue weighted by molar-refractivity contribution is 5.78. The van der Waals surface area contributed by atoms with E-state index in [-0.39, 0.29) is 24.0 Å². The number of nitrogens with one attached hydrogen (secondary N) is 1. The maximum atomic E-state index is 12.1. The molecule has 1 N–H and O–H groups in total. The SMILES string of the molecule is COC(=O)CC1CCCCN1CC(=O)NC(C)C(C)C. The quantitative estimate of drug-likeness (QED) is 0.752. The van der Waals surface area contributed by atoms with Crippen molar-refractivity contribution >= 4 is 11.9 Å². The van der Waals surface area contributed by atoms with Gasteiger partial charge in [-0.15, -0.1) is 0 Å². The summed E-state index contributed by atoms with van der Waals surface area (Å²) in [5, 5.41) is 3.02. The first-order valence-electron chi connectivity index (χ1n) is 7.54. The van der Waals surface area contributed by atoms with Crippen LogP contribution in [0.3, 0.4) is 0 Å². The van der Waals surface area contributed by atoms with Crippen molar-refractivity contribution in [3.05, 3.63) is 0 Å². The summed E-state index contributed by atoms with van der Waals surface area (Å²) in [6.07, 6.45) is 3.54. The minimum Gasteiger partial charge on any atom is -0.469 e. The first-order valence-corrected chi connectivity index (χ1v) is 7.54.